The lowest BCUT2D eigenvalue weighted by Crippen LogP contribution is -2.21. The summed E-state index contributed by atoms with van der Waals surface area (Å²) in [7, 11) is 4.52. The molecule has 0 saturated carbocycles. The van der Waals surface area contributed by atoms with Crippen LogP contribution < -0.4 is 15.2 Å². The van der Waals surface area contributed by atoms with Gasteiger partial charge in [0.25, 0.3) is 0 Å². The molecule has 0 atom stereocenters. The van der Waals surface area contributed by atoms with Gasteiger partial charge in [0.15, 0.2) is 17.3 Å². The standard InChI is InChI=1S/C27H24N2O6/c1-28-22(18-8-10-21(30)11-9-18)16-29(27(28)33)20-6-4-5-19(15-20)23(31)12-7-17-13-24(34-2)26(32)25(14-17)35-3/h4-16,30,32H,1-3H3/b12-7+. The van der Waals surface area contributed by atoms with Crippen molar-refractivity contribution in [2.24, 2.45) is 7.05 Å². The number of methoxy groups -OCH3 is 2. The third-order valence-electron chi connectivity index (χ3n) is 5.61. The molecule has 1 heterocycles. The number of allylic oxidation sites excluding steroid dienone is 1. The predicted molar refractivity (Wildman–Crippen MR) is 133 cm³/mol. The van der Waals surface area contributed by atoms with Crippen molar-refractivity contribution in [3.8, 4) is 39.9 Å². The van der Waals surface area contributed by atoms with Crippen LogP contribution in [0.3, 0.4) is 0 Å². The van der Waals surface area contributed by atoms with Crippen LogP contribution in [0.5, 0.6) is 23.0 Å². The minimum Gasteiger partial charge on any atom is -0.508 e. The largest absolute Gasteiger partial charge is 0.508 e. The van der Waals surface area contributed by atoms with E-state index >= 15 is 0 Å². The Bertz CT molecular complexity index is 1450. The Morgan fingerprint density at radius 2 is 1.60 bits per heavy atom. The number of aromatic hydroxyl groups is 2. The number of hydrogen-bond donors (Lipinski definition) is 2. The zero-order valence-corrected chi connectivity index (χ0v) is 19.4. The molecule has 8 heteroatoms. The van der Waals surface area contributed by atoms with Crippen molar-refractivity contribution < 1.29 is 24.5 Å². The highest BCUT2D eigenvalue weighted by Crippen LogP contribution is 2.37. The smallest absolute Gasteiger partial charge is 0.332 e. The second-order valence-corrected chi connectivity index (χ2v) is 7.79. The number of phenols is 2. The highest BCUT2D eigenvalue weighted by atomic mass is 16.5. The van der Waals surface area contributed by atoms with Gasteiger partial charge in [0.1, 0.15) is 5.75 Å². The molecule has 35 heavy (non-hydrogen) atoms. The monoisotopic (exact) mass is 472 g/mol. The van der Waals surface area contributed by atoms with Gasteiger partial charge < -0.3 is 19.7 Å². The Morgan fingerprint density at radius 1 is 0.943 bits per heavy atom. The molecule has 4 rings (SSSR count). The summed E-state index contributed by atoms with van der Waals surface area (Å²) >= 11 is 0. The number of nitrogens with zero attached hydrogens (tertiary/aromatic N) is 2. The molecule has 0 amide bonds. The summed E-state index contributed by atoms with van der Waals surface area (Å²) < 4.78 is 13.3. The third-order valence-corrected chi connectivity index (χ3v) is 5.61. The van der Waals surface area contributed by atoms with Gasteiger partial charge in [0.05, 0.1) is 25.6 Å². The molecule has 1 aromatic heterocycles. The molecule has 0 fully saturated rings. The Balaban J connectivity index is 1.64. The quantitative estimate of drug-likeness (QED) is 0.309. The predicted octanol–water partition coefficient (Wildman–Crippen LogP) is 4.17. The first kappa shape index (κ1) is 23.4. The fourth-order valence-electron chi connectivity index (χ4n) is 3.70. The summed E-state index contributed by atoms with van der Waals surface area (Å²) in [6.45, 7) is 0. The summed E-state index contributed by atoms with van der Waals surface area (Å²) in [4.78, 5) is 25.8. The van der Waals surface area contributed by atoms with Gasteiger partial charge in [-0.2, -0.15) is 0 Å². The second-order valence-electron chi connectivity index (χ2n) is 7.79. The van der Waals surface area contributed by atoms with Crippen LogP contribution in [-0.2, 0) is 7.05 Å². The van der Waals surface area contributed by atoms with E-state index in [1.54, 1.807) is 80.0 Å². The Hall–Kier alpha value is -4.72. The highest BCUT2D eigenvalue weighted by molar-refractivity contribution is 6.07. The first-order valence-electron chi connectivity index (χ1n) is 10.7. The number of imidazole rings is 1. The molecular formula is C27H24N2O6. The molecule has 0 aliphatic carbocycles. The minimum absolute atomic E-state index is 0.119. The lowest BCUT2D eigenvalue weighted by molar-refractivity contribution is 0.104. The van der Waals surface area contributed by atoms with E-state index in [1.165, 1.54) is 29.4 Å². The van der Waals surface area contributed by atoms with E-state index in [4.69, 9.17) is 9.47 Å². The maximum Gasteiger partial charge on any atom is 0.332 e. The Morgan fingerprint density at radius 3 is 2.23 bits per heavy atom. The van der Waals surface area contributed by atoms with E-state index in [-0.39, 0.29) is 34.5 Å². The van der Waals surface area contributed by atoms with Crippen molar-refractivity contribution >= 4 is 11.9 Å². The molecule has 3 aromatic carbocycles. The van der Waals surface area contributed by atoms with E-state index < -0.39 is 0 Å². The number of benzene rings is 3. The van der Waals surface area contributed by atoms with E-state index in [9.17, 15) is 19.8 Å². The lowest BCUT2D eigenvalue weighted by Gasteiger charge is -2.09. The average molecular weight is 472 g/mol. The van der Waals surface area contributed by atoms with Gasteiger partial charge >= 0.3 is 5.69 Å². The Kier molecular flexibility index (Phi) is 6.46. The van der Waals surface area contributed by atoms with Crippen LogP contribution in [0.25, 0.3) is 23.0 Å². The normalized spacial score (nSPS) is 11.1. The minimum atomic E-state index is -0.267. The Labute approximate surface area is 201 Å². The molecule has 2 N–H and O–H groups in total. The molecule has 0 saturated heterocycles. The summed E-state index contributed by atoms with van der Waals surface area (Å²) in [5, 5.41) is 19.6. The van der Waals surface area contributed by atoms with E-state index in [1.807, 2.05) is 0 Å². The van der Waals surface area contributed by atoms with Crippen molar-refractivity contribution in [1.29, 1.82) is 0 Å². The number of carbonyl (C=O) groups excluding carboxylic acids is 1. The van der Waals surface area contributed by atoms with Crippen LogP contribution in [0.4, 0.5) is 0 Å². The molecule has 0 unspecified atom stereocenters. The molecule has 0 radical (unpaired) electrons. The summed E-state index contributed by atoms with van der Waals surface area (Å²) in [5.74, 6) is 0.214. The summed E-state index contributed by atoms with van der Waals surface area (Å²) in [6, 6.07) is 16.5. The number of hydrogen-bond acceptors (Lipinski definition) is 6. The van der Waals surface area contributed by atoms with Crippen molar-refractivity contribution in [2.45, 2.75) is 0 Å². The number of ketones is 1. The molecule has 0 aliphatic heterocycles. The summed E-state index contributed by atoms with van der Waals surface area (Å²) in [6.07, 6.45) is 4.69. The van der Waals surface area contributed by atoms with E-state index in [2.05, 4.69) is 0 Å². The van der Waals surface area contributed by atoms with Gasteiger partial charge in [-0.1, -0.05) is 18.2 Å². The molecule has 4 aromatic rings. The second kappa shape index (κ2) is 9.64. The number of phenolic OH excluding ortho intramolecular Hbond substituents is 2. The van der Waals surface area contributed by atoms with Gasteiger partial charge in [0.2, 0.25) is 5.75 Å². The zero-order chi connectivity index (χ0) is 25.1. The number of aromatic nitrogens is 2. The van der Waals surface area contributed by atoms with Gasteiger partial charge in [0, 0.05) is 24.4 Å². The van der Waals surface area contributed by atoms with E-state index in [0.717, 1.165) is 5.56 Å². The lowest BCUT2D eigenvalue weighted by atomic mass is 10.1. The highest BCUT2D eigenvalue weighted by Gasteiger charge is 2.14. The summed E-state index contributed by atoms with van der Waals surface area (Å²) in [5.41, 5.74) is 2.73. The number of carbonyl (C=O) groups is 1. The molecule has 8 nitrogen and oxygen atoms in total. The molecular weight excluding hydrogens is 448 g/mol. The zero-order valence-electron chi connectivity index (χ0n) is 19.4. The third kappa shape index (κ3) is 4.67. The van der Waals surface area contributed by atoms with Gasteiger partial charge in [-0.15, -0.1) is 0 Å². The van der Waals surface area contributed by atoms with Crippen molar-refractivity contribution in [1.82, 2.24) is 9.13 Å². The van der Waals surface area contributed by atoms with Crippen LogP contribution in [-0.4, -0.2) is 39.4 Å². The number of rotatable bonds is 7. The van der Waals surface area contributed by atoms with Gasteiger partial charge in [-0.3, -0.25) is 13.9 Å². The van der Waals surface area contributed by atoms with Crippen LogP contribution >= 0.6 is 0 Å². The van der Waals surface area contributed by atoms with Crippen molar-refractivity contribution in [2.75, 3.05) is 14.2 Å². The maximum atomic E-state index is 12.9. The number of ether oxygens (including phenoxy) is 2. The van der Waals surface area contributed by atoms with Gasteiger partial charge in [-0.05, 0) is 60.2 Å². The average Bonchev–Trinajstić information content (AvgIpc) is 3.17. The van der Waals surface area contributed by atoms with Crippen molar-refractivity contribution in [3.63, 3.8) is 0 Å². The first-order valence-corrected chi connectivity index (χ1v) is 10.7. The van der Waals surface area contributed by atoms with Crippen LogP contribution in [0, 0.1) is 0 Å². The molecule has 0 aliphatic rings. The van der Waals surface area contributed by atoms with Crippen molar-refractivity contribution in [3.05, 3.63) is 94.5 Å². The van der Waals surface area contributed by atoms with Gasteiger partial charge in [-0.25, -0.2) is 4.79 Å². The van der Waals surface area contributed by atoms with E-state index in [0.29, 0.717) is 22.5 Å². The maximum absolute atomic E-state index is 12.9. The molecule has 178 valence electrons. The van der Waals surface area contributed by atoms with Crippen LogP contribution in [0.15, 0.2) is 77.7 Å². The molecule has 0 bridgehead atoms. The fraction of sp³-hybridized carbons (Fsp3) is 0.111. The first-order chi connectivity index (χ1) is 16.8. The SMILES string of the molecule is COc1cc(/C=C/C(=O)c2cccc(-n3cc(-c4ccc(O)cc4)n(C)c3=O)c2)cc(OC)c1O. The van der Waals surface area contributed by atoms with Crippen LogP contribution in [0.2, 0.25) is 0 Å². The fourth-order valence-corrected chi connectivity index (χ4v) is 3.70. The molecule has 0 spiro atoms. The topological polar surface area (TPSA) is 103 Å². The van der Waals surface area contributed by atoms with Crippen LogP contribution in [0.1, 0.15) is 15.9 Å².